The van der Waals surface area contributed by atoms with Crippen molar-refractivity contribution >= 4 is 44.3 Å². The Balaban J connectivity index is 2.25. The Bertz CT molecular complexity index is 1100. The van der Waals surface area contributed by atoms with E-state index in [-0.39, 0.29) is 5.63 Å². The van der Waals surface area contributed by atoms with Gasteiger partial charge in [0, 0.05) is 33.2 Å². The van der Waals surface area contributed by atoms with Gasteiger partial charge in [0.1, 0.15) is 16.9 Å². The highest BCUT2D eigenvalue weighted by Gasteiger charge is 2.15. The fourth-order valence-electron chi connectivity index (χ4n) is 3.07. The van der Waals surface area contributed by atoms with Gasteiger partial charge in [0.05, 0.1) is 5.88 Å². The van der Waals surface area contributed by atoms with Crippen LogP contribution in [0.4, 0.5) is 0 Å². The molecule has 0 spiro atoms. The van der Waals surface area contributed by atoms with Gasteiger partial charge < -0.3 is 8.83 Å². The van der Waals surface area contributed by atoms with Crippen molar-refractivity contribution in [2.45, 2.75) is 19.7 Å². The standard InChI is InChI=1S/C18H13ClO3/c1-9-7-16(20)22-17-11(9)3-4-13-12(17)5-6-14-15(8-19)10(2)21-18(13)14/h3-7H,8H2,1-2H3. The second-order valence-electron chi connectivity index (χ2n) is 5.50. The number of hydrogen-bond donors (Lipinski definition) is 0. The third kappa shape index (κ3) is 1.72. The second kappa shape index (κ2) is 4.62. The molecule has 2 aromatic heterocycles. The molecule has 0 radical (unpaired) electrons. The molecule has 0 aliphatic carbocycles. The second-order valence-corrected chi connectivity index (χ2v) is 5.77. The number of aryl methyl sites for hydroxylation is 2. The lowest BCUT2D eigenvalue weighted by atomic mass is 10.0. The van der Waals surface area contributed by atoms with Gasteiger partial charge in [0.25, 0.3) is 0 Å². The molecular formula is C18H13ClO3. The number of hydrogen-bond acceptors (Lipinski definition) is 3. The van der Waals surface area contributed by atoms with E-state index in [4.69, 9.17) is 20.4 Å². The Kier molecular flexibility index (Phi) is 2.81. The number of furan rings is 1. The summed E-state index contributed by atoms with van der Waals surface area (Å²) in [4.78, 5) is 11.7. The van der Waals surface area contributed by atoms with Crippen LogP contribution >= 0.6 is 11.6 Å². The molecule has 0 amide bonds. The summed E-state index contributed by atoms with van der Waals surface area (Å²) in [6.07, 6.45) is 0. The zero-order chi connectivity index (χ0) is 15.4. The minimum Gasteiger partial charge on any atom is -0.460 e. The van der Waals surface area contributed by atoms with Crippen molar-refractivity contribution in [3.63, 3.8) is 0 Å². The van der Waals surface area contributed by atoms with E-state index in [1.165, 1.54) is 6.07 Å². The van der Waals surface area contributed by atoms with Crippen molar-refractivity contribution in [1.82, 2.24) is 0 Å². The maximum Gasteiger partial charge on any atom is 0.336 e. The van der Waals surface area contributed by atoms with E-state index < -0.39 is 0 Å². The molecule has 0 saturated heterocycles. The van der Waals surface area contributed by atoms with Crippen molar-refractivity contribution in [2.75, 3.05) is 0 Å². The Morgan fingerprint density at radius 3 is 2.18 bits per heavy atom. The van der Waals surface area contributed by atoms with Gasteiger partial charge in [-0.25, -0.2) is 4.79 Å². The van der Waals surface area contributed by atoms with Crippen LogP contribution in [0.3, 0.4) is 0 Å². The first-order chi connectivity index (χ1) is 10.6. The van der Waals surface area contributed by atoms with E-state index >= 15 is 0 Å². The molecule has 4 rings (SSSR count). The number of benzene rings is 2. The van der Waals surface area contributed by atoms with E-state index in [0.717, 1.165) is 44.0 Å². The minimum atomic E-state index is -0.338. The fourth-order valence-corrected chi connectivity index (χ4v) is 3.41. The third-order valence-corrected chi connectivity index (χ3v) is 4.47. The highest BCUT2D eigenvalue weighted by molar-refractivity contribution is 6.19. The average molecular weight is 313 g/mol. The van der Waals surface area contributed by atoms with E-state index in [2.05, 4.69) is 0 Å². The van der Waals surface area contributed by atoms with Crippen LogP contribution in [0.25, 0.3) is 32.7 Å². The molecule has 4 heteroatoms. The van der Waals surface area contributed by atoms with Gasteiger partial charge in [-0.2, -0.15) is 0 Å². The Hall–Kier alpha value is -2.26. The largest absolute Gasteiger partial charge is 0.460 e. The normalized spacial score (nSPS) is 11.8. The van der Waals surface area contributed by atoms with Crippen molar-refractivity contribution in [3.8, 4) is 0 Å². The van der Waals surface area contributed by atoms with Gasteiger partial charge in [-0.1, -0.05) is 12.1 Å². The Morgan fingerprint density at radius 2 is 1.50 bits per heavy atom. The van der Waals surface area contributed by atoms with Crippen LogP contribution in [0, 0.1) is 13.8 Å². The molecule has 3 nitrogen and oxygen atoms in total. The highest BCUT2D eigenvalue weighted by atomic mass is 35.5. The number of fused-ring (bicyclic) bond motifs is 5. The molecule has 0 fully saturated rings. The van der Waals surface area contributed by atoms with E-state index in [1.54, 1.807) is 0 Å². The first-order valence-electron chi connectivity index (χ1n) is 7.04. The number of alkyl halides is 1. The van der Waals surface area contributed by atoms with Crippen molar-refractivity contribution in [1.29, 1.82) is 0 Å². The number of halogens is 1. The highest BCUT2D eigenvalue weighted by Crippen LogP contribution is 2.35. The van der Waals surface area contributed by atoms with E-state index in [9.17, 15) is 4.79 Å². The zero-order valence-corrected chi connectivity index (χ0v) is 13.0. The van der Waals surface area contributed by atoms with Crippen LogP contribution in [0.5, 0.6) is 0 Å². The summed E-state index contributed by atoms with van der Waals surface area (Å²) in [5, 5.41) is 3.75. The molecule has 0 atom stereocenters. The zero-order valence-electron chi connectivity index (χ0n) is 12.2. The maximum absolute atomic E-state index is 11.7. The Morgan fingerprint density at radius 1 is 0.909 bits per heavy atom. The molecule has 0 unspecified atom stereocenters. The van der Waals surface area contributed by atoms with E-state index in [0.29, 0.717) is 11.5 Å². The summed E-state index contributed by atoms with van der Waals surface area (Å²) in [5.74, 6) is 1.23. The van der Waals surface area contributed by atoms with Crippen LogP contribution in [0.15, 0.2) is 44.0 Å². The topological polar surface area (TPSA) is 43.4 Å². The third-order valence-electron chi connectivity index (χ3n) is 4.20. The van der Waals surface area contributed by atoms with Gasteiger partial charge >= 0.3 is 5.63 Å². The monoisotopic (exact) mass is 312 g/mol. The minimum absolute atomic E-state index is 0.338. The fraction of sp³-hybridized carbons (Fsp3) is 0.167. The van der Waals surface area contributed by atoms with Gasteiger partial charge in [-0.15, -0.1) is 11.6 Å². The van der Waals surface area contributed by atoms with Crippen LogP contribution in [0.2, 0.25) is 0 Å². The van der Waals surface area contributed by atoms with Crippen LogP contribution in [-0.4, -0.2) is 0 Å². The summed E-state index contributed by atoms with van der Waals surface area (Å²) >= 11 is 6.02. The molecule has 110 valence electrons. The van der Waals surface area contributed by atoms with Gasteiger partial charge in [0.2, 0.25) is 0 Å². The lowest BCUT2D eigenvalue weighted by molar-refractivity contribution is 0.562. The first kappa shape index (κ1) is 13.4. The molecule has 2 heterocycles. The SMILES string of the molecule is Cc1oc2c(ccc3c2ccc2c(C)cc(=O)oc23)c1CCl. The molecule has 0 saturated carbocycles. The van der Waals surface area contributed by atoms with Crippen molar-refractivity contribution < 1.29 is 8.83 Å². The molecule has 0 aliphatic heterocycles. The quantitative estimate of drug-likeness (QED) is 0.281. The molecule has 22 heavy (non-hydrogen) atoms. The first-order valence-corrected chi connectivity index (χ1v) is 7.57. The van der Waals surface area contributed by atoms with Crippen LogP contribution in [-0.2, 0) is 5.88 Å². The van der Waals surface area contributed by atoms with Gasteiger partial charge in [-0.05, 0) is 31.5 Å². The molecule has 0 N–H and O–H groups in total. The van der Waals surface area contributed by atoms with Crippen LogP contribution < -0.4 is 5.63 Å². The summed E-state index contributed by atoms with van der Waals surface area (Å²) in [5.41, 5.74) is 2.96. The molecule has 4 aromatic rings. The summed E-state index contributed by atoms with van der Waals surface area (Å²) < 4.78 is 11.4. The maximum atomic E-state index is 11.7. The average Bonchev–Trinajstić information content (AvgIpc) is 2.82. The number of rotatable bonds is 1. The van der Waals surface area contributed by atoms with E-state index in [1.807, 2.05) is 38.1 Å². The molecule has 0 aliphatic rings. The lowest BCUT2D eigenvalue weighted by Gasteiger charge is -2.05. The summed E-state index contributed by atoms with van der Waals surface area (Å²) in [6.45, 7) is 3.82. The summed E-state index contributed by atoms with van der Waals surface area (Å²) in [6, 6.07) is 9.43. The predicted octanol–water partition coefficient (Wildman–Crippen LogP) is 5.05. The van der Waals surface area contributed by atoms with Gasteiger partial charge in [0.15, 0.2) is 0 Å². The molecular weight excluding hydrogens is 300 g/mol. The Labute approximate surface area is 131 Å². The molecule has 0 bridgehead atoms. The lowest BCUT2D eigenvalue weighted by Crippen LogP contribution is -1.98. The van der Waals surface area contributed by atoms with Gasteiger partial charge in [-0.3, -0.25) is 0 Å². The smallest absolute Gasteiger partial charge is 0.336 e. The van der Waals surface area contributed by atoms with Crippen molar-refractivity contribution in [2.24, 2.45) is 0 Å². The predicted molar refractivity (Wildman–Crippen MR) is 88.8 cm³/mol. The summed E-state index contributed by atoms with van der Waals surface area (Å²) in [7, 11) is 0. The van der Waals surface area contributed by atoms with Crippen molar-refractivity contribution in [3.05, 3.63) is 57.6 Å². The van der Waals surface area contributed by atoms with Crippen LogP contribution in [0.1, 0.15) is 16.9 Å². The molecule has 2 aromatic carbocycles.